The molecule has 118 valence electrons. The molecule has 0 unspecified atom stereocenters. The van der Waals surface area contributed by atoms with E-state index in [-0.39, 0.29) is 23.6 Å². The van der Waals surface area contributed by atoms with Crippen molar-refractivity contribution >= 4 is 11.8 Å². The summed E-state index contributed by atoms with van der Waals surface area (Å²) in [7, 11) is 0. The molecule has 4 heteroatoms. The second kappa shape index (κ2) is 5.24. The van der Waals surface area contributed by atoms with Crippen LogP contribution in [-0.4, -0.2) is 28.6 Å². The van der Waals surface area contributed by atoms with E-state index in [1.54, 1.807) is 6.92 Å². The van der Waals surface area contributed by atoms with Gasteiger partial charge < -0.3 is 9.84 Å². The summed E-state index contributed by atoms with van der Waals surface area (Å²) in [5, 5.41) is 10.9. The van der Waals surface area contributed by atoms with Gasteiger partial charge in [0.1, 0.15) is 11.9 Å². The third-order valence-electron chi connectivity index (χ3n) is 5.49. The van der Waals surface area contributed by atoms with Crippen LogP contribution in [0.2, 0.25) is 0 Å². The van der Waals surface area contributed by atoms with Crippen molar-refractivity contribution in [2.45, 2.75) is 65.1 Å². The summed E-state index contributed by atoms with van der Waals surface area (Å²) in [5.74, 6) is -0.560. The highest BCUT2D eigenvalue weighted by molar-refractivity contribution is 5.86. The number of ketones is 1. The number of hydrogen-bond acceptors (Lipinski definition) is 4. The number of Topliss-reactive ketones (excluding diaryl/α,β-unsaturated/α-hetero) is 1. The Balaban J connectivity index is 2.48. The van der Waals surface area contributed by atoms with Crippen LogP contribution in [-0.2, 0) is 14.3 Å². The van der Waals surface area contributed by atoms with Gasteiger partial charge in [-0.3, -0.25) is 9.59 Å². The zero-order valence-corrected chi connectivity index (χ0v) is 13.4. The van der Waals surface area contributed by atoms with Crippen LogP contribution in [0.4, 0.5) is 0 Å². The summed E-state index contributed by atoms with van der Waals surface area (Å²) in [6.45, 7) is 11.0. The monoisotopic (exact) mass is 294 g/mol. The van der Waals surface area contributed by atoms with Crippen molar-refractivity contribution < 1.29 is 19.4 Å². The van der Waals surface area contributed by atoms with E-state index in [1.165, 1.54) is 6.92 Å². The van der Waals surface area contributed by atoms with Crippen LogP contribution in [0.15, 0.2) is 12.2 Å². The Kier molecular flexibility index (Phi) is 4.04. The van der Waals surface area contributed by atoms with Crippen LogP contribution in [0, 0.1) is 17.3 Å². The molecule has 2 aliphatic carbocycles. The summed E-state index contributed by atoms with van der Waals surface area (Å²) < 4.78 is 5.57. The largest absolute Gasteiger partial charge is 0.461 e. The molecule has 0 heterocycles. The lowest BCUT2D eigenvalue weighted by molar-refractivity contribution is -0.197. The van der Waals surface area contributed by atoms with Gasteiger partial charge in [-0.05, 0) is 33.1 Å². The third-order valence-corrected chi connectivity index (χ3v) is 5.49. The second-order valence-electron chi connectivity index (χ2n) is 7.24. The molecule has 0 aromatic carbocycles. The van der Waals surface area contributed by atoms with Crippen molar-refractivity contribution in [3.63, 3.8) is 0 Å². The van der Waals surface area contributed by atoms with Gasteiger partial charge in [-0.1, -0.05) is 19.1 Å². The Morgan fingerprint density at radius 3 is 2.48 bits per heavy atom. The van der Waals surface area contributed by atoms with Crippen molar-refractivity contribution in [3.8, 4) is 0 Å². The van der Waals surface area contributed by atoms with Gasteiger partial charge in [0.25, 0.3) is 0 Å². The van der Waals surface area contributed by atoms with E-state index in [9.17, 15) is 14.7 Å². The first-order valence-electron chi connectivity index (χ1n) is 7.68. The fourth-order valence-electron chi connectivity index (χ4n) is 4.40. The lowest BCUT2D eigenvalue weighted by Gasteiger charge is -2.56. The maximum atomic E-state index is 12.5. The SMILES string of the molecule is C=C(C)[C@@H]1CC[C@@]2(C)C(=O)CC[C@@](C)(O)[C@@H]2[C@@H]1OC(C)=O. The lowest BCUT2D eigenvalue weighted by atomic mass is 9.51. The number of carbonyl (C=O) groups excluding carboxylic acids is 2. The molecule has 0 radical (unpaired) electrons. The van der Waals surface area contributed by atoms with E-state index in [2.05, 4.69) is 6.58 Å². The Morgan fingerprint density at radius 1 is 1.33 bits per heavy atom. The number of hydrogen-bond donors (Lipinski definition) is 1. The molecule has 2 rings (SSSR count). The molecular formula is C17H26O4. The van der Waals surface area contributed by atoms with Gasteiger partial charge in [-0.15, -0.1) is 0 Å². The minimum Gasteiger partial charge on any atom is -0.461 e. The van der Waals surface area contributed by atoms with Gasteiger partial charge in [0, 0.05) is 30.6 Å². The van der Waals surface area contributed by atoms with E-state index in [0.717, 1.165) is 12.0 Å². The summed E-state index contributed by atoms with van der Waals surface area (Å²) in [4.78, 5) is 24.0. The maximum absolute atomic E-state index is 12.5. The molecule has 1 N–H and O–H groups in total. The molecule has 0 saturated heterocycles. The number of aliphatic hydroxyl groups is 1. The van der Waals surface area contributed by atoms with Crippen LogP contribution in [0.5, 0.6) is 0 Å². The van der Waals surface area contributed by atoms with Crippen molar-refractivity contribution in [3.05, 3.63) is 12.2 Å². The Hall–Kier alpha value is -1.16. The van der Waals surface area contributed by atoms with Crippen LogP contribution >= 0.6 is 0 Å². The third kappa shape index (κ3) is 2.66. The second-order valence-corrected chi connectivity index (χ2v) is 7.24. The lowest BCUT2D eigenvalue weighted by Crippen LogP contribution is -2.62. The Labute approximate surface area is 126 Å². The first-order valence-corrected chi connectivity index (χ1v) is 7.68. The number of ether oxygens (including phenoxy) is 1. The normalized spacial score (nSPS) is 43.1. The molecule has 0 bridgehead atoms. The highest BCUT2D eigenvalue weighted by atomic mass is 16.5. The first-order chi connectivity index (χ1) is 9.59. The molecule has 21 heavy (non-hydrogen) atoms. The number of rotatable bonds is 2. The summed E-state index contributed by atoms with van der Waals surface area (Å²) in [6, 6.07) is 0. The van der Waals surface area contributed by atoms with E-state index in [1.807, 2.05) is 13.8 Å². The predicted octanol–water partition coefficient (Wildman–Crippen LogP) is 2.64. The topological polar surface area (TPSA) is 63.6 Å². The highest BCUT2D eigenvalue weighted by Crippen LogP contribution is 2.55. The van der Waals surface area contributed by atoms with E-state index in [0.29, 0.717) is 19.3 Å². The van der Waals surface area contributed by atoms with E-state index < -0.39 is 17.1 Å². The smallest absolute Gasteiger partial charge is 0.302 e. The highest BCUT2D eigenvalue weighted by Gasteiger charge is 2.60. The van der Waals surface area contributed by atoms with Crippen LogP contribution in [0.25, 0.3) is 0 Å². The van der Waals surface area contributed by atoms with Crippen LogP contribution in [0.3, 0.4) is 0 Å². The molecule has 0 aromatic heterocycles. The number of carbonyl (C=O) groups is 2. The molecule has 5 atom stereocenters. The van der Waals surface area contributed by atoms with Crippen molar-refractivity contribution in [2.75, 3.05) is 0 Å². The van der Waals surface area contributed by atoms with E-state index in [4.69, 9.17) is 4.74 Å². The minimum absolute atomic E-state index is 0.00403. The Bertz CT molecular complexity index is 479. The molecule has 2 aliphatic rings. The van der Waals surface area contributed by atoms with Gasteiger partial charge >= 0.3 is 5.97 Å². The Morgan fingerprint density at radius 2 is 1.95 bits per heavy atom. The summed E-state index contributed by atoms with van der Waals surface area (Å²) in [6.07, 6.45) is 1.82. The zero-order valence-electron chi connectivity index (χ0n) is 13.4. The molecule has 2 fully saturated rings. The van der Waals surface area contributed by atoms with Gasteiger partial charge in [0.05, 0.1) is 5.60 Å². The fourth-order valence-corrected chi connectivity index (χ4v) is 4.40. The minimum atomic E-state index is -1.00. The van der Waals surface area contributed by atoms with Gasteiger partial charge in [0.2, 0.25) is 0 Å². The molecule has 0 aromatic rings. The molecular weight excluding hydrogens is 268 g/mol. The first kappa shape index (κ1) is 16.2. The van der Waals surface area contributed by atoms with E-state index >= 15 is 0 Å². The molecule has 0 aliphatic heterocycles. The number of esters is 1. The van der Waals surface area contributed by atoms with Crippen LogP contribution < -0.4 is 0 Å². The fraction of sp³-hybridized carbons (Fsp3) is 0.765. The van der Waals surface area contributed by atoms with Gasteiger partial charge in [-0.25, -0.2) is 0 Å². The van der Waals surface area contributed by atoms with Crippen molar-refractivity contribution in [1.82, 2.24) is 0 Å². The summed E-state index contributed by atoms with van der Waals surface area (Å²) in [5.41, 5.74) is -0.679. The molecule has 0 spiro atoms. The molecule has 2 saturated carbocycles. The summed E-state index contributed by atoms with van der Waals surface area (Å²) >= 11 is 0. The number of fused-ring (bicyclic) bond motifs is 1. The predicted molar refractivity (Wildman–Crippen MR) is 79.6 cm³/mol. The average Bonchev–Trinajstić information content (AvgIpc) is 2.33. The zero-order chi connectivity index (χ0) is 16.0. The molecule has 4 nitrogen and oxygen atoms in total. The van der Waals surface area contributed by atoms with Crippen molar-refractivity contribution in [2.24, 2.45) is 17.3 Å². The maximum Gasteiger partial charge on any atom is 0.302 e. The average molecular weight is 294 g/mol. The van der Waals surface area contributed by atoms with Gasteiger partial charge in [-0.2, -0.15) is 0 Å². The van der Waals surface area contributed by atoms with Gasteiger partial charge in [0.15, 0.2) is 0 Å². The standard InChI is InChI=1S/C17H26O4/c1-10(2)12-6-8-16(4)13(19)7-9-17(5,20)15(16)14(12)21-11(3)18/h12,14-15,20H,1,6-9H2,2-5H3/t12-,14+,15+,16-,17+/m0/s1. The quantitative estimate of drug-likeness (QED) is 0.628. The molecule has 0 amide bonds. The van der Waals surface area contributed by atoms with Crippen molar-refractivity contribution in [1.29, 1.82) is 0 Å². The van der Waals surface area contributed by atoms with Crippen LogP contribution in [0.1, 0.15) is 53.4 Å².